The Kier molecular flexibility index (Phi) is 5.50. The third-order valence-corrected chi connectivity index (χ3v) is 2.17. The van der Waals surface area contributed by atoms with Gasteiger partial charge in [0.2, 0.25) is 5.91 Å². The summed E-state index contributed by atoms with van der Waals surface area (Å²) in [6, 6.07) is 3.76. The quantitative estimate of drug-likeness (QED) is 0.745. The van der Waals surface area contributed by atoms with Gasteiger partial charge >= 0.3 is 0 Å². The molecule has 1 rings (SSSR count). The number of carbonyl (C=O) groups excluding carboxylic acids is 1. The van der Waals surface area contributed by atoms with Crippen molar-refractivity contribution in [1.82, 2.24) is 10.3 Å². The molecular formula is C12H18N2O2. The maximum absolute atomic E-state index is 11.4. The van der Waals surface area contributed by atoms with E-state index in [9.17, 15) is 4.79 Å². The maximum atomic E-state index is 11.4. The van der Waals surface area contributed by atoms with Crippen LogP contribution in [-0.4, -0.2) is 24.1 Å². The average molecular weight is 222 g/mol. The SMILES string of the molecule is CCCOCC(=O)N[C@H](C)c1ccncc1. The third-order valence-electron chi connectivity index (χ3n) is 2.17. The minimum absolute atomic E-state index is 0.0132. The summed E-state index contributed by atoms with van der Waals surface area (Å²) in [6.45, 7) is 4.70. The Bertz CT molecular complexity index is 314. The smallest absolute Gasteiger partial charge is 0.246 e. The Morgan fingerprint density at radius 3 is 2.81 bits per heavy atom. The number of rotatable bonds is 6. The summed E-state index contributed by atoms with van der Waals surface area (Å²) in [5.74, 6) is -0.0854. The molecule has 1 N–H and O–H groups in total. The summed E-state index contributed by atoms with van der Waals surface area (Å²) in [6.07, 6.45) is 4.35. The molecule has 0 aromatic carbocycles. The first-order chi connectivity index (χ1) is 7.74. The van der Waals surface area contributed by atoms with Crippen molar-refractivity contribution < 1.29 is 9.53 Å². The van der Waals surface area contributed by atoms with Crippen molar-refractivity contribution in [2.75, 3.05) is 13.2 Å². The summed E-state index contributed by atoms with van der Waals surface area (Å²) < 4.78 is 5.16. The lowest BCUT2D eigenvalue weighted by molar-refractivity contribution is -0.126. The van der Waals surface area contributed by atoms with Crippen molar-refractivity contribution in [3.8, 4) is 0 Å². The molecule has 88 valence electrons. The summed E-state index contributed by atoms with van der Waals surface area (Å²) in [4.78, 5) is 15.4. The Morgan fingerprint density at radius 1 is 1.50 bits per heavy atom. The number of hydrogen-bond acceptors (Lipinski definition) is 3. The molecule has 4 nitrogen and oxygen atoms in total. The Balaban J connectivity index is 2.34. The molecule has 0 saturated heterocycles. The summed E-state index contributed by atoms with van der Waals surface area (Å²) in [5.41, 5.74) is 1.04. The van der Waals surface area contributed by atoms with Crippen molar-refractivity contribution in [1.29, 1.82) is 0 Å². The molecule has 0 unspecified atom stereocenters. The van der Waals surface area contributed by atoms with Gasteiger partial charge in [0.1, 0.15) is 6.61 Å². The van der Waals surface area contributed by atoms with Gasteiger partial charge in [0.25, 0.3) is 0 Å². The summed E-state index contributed by atoms with van der Waals surface area (Å²) in [5, 5.41) is 2.86. The van der Waals surface area contributed by atoms with Crippen LogP contribution in [0.5, 0.6) is 0 Å². The van der Waals surface area contributed by atoms with E-state index in [1.165, 1.54) is 0 Å². The van der Waals surface area contributed by atoms with Gasteiger partial charge in [-0.3, -0.25) is 9.78 Å². The Labute approximate surface area is 96.0 Å². The van der Waals surface area contributed by atoms with Crippen LogP contribution in [0.25, 0.3) is 0 Å². The van der Waals surface area contributed by atoms with Gasteiger partial charge in [-0.1, -0.05) is 6.92 Å². The predicted octanol–water partition coefficient (Wildman–Crippen LogP) is 1.69. The van der Waals surface area contributed by atoms with Gasteiger partial charge in [-0.15, -0.1) is 0 Å². The second-order valence-electron chi connectivity index (χ2n) is 3.62. The maximum Gasteiger partial charge on any atom is 0.246 e. The number of pyridine rings is 1. The van der Waals surface area contributed by atoms with Crippen LogP contribution < -0.4 is 5.32 Å². The second kappa shape index (κ2) is 6.95. The molecule has 0 bridgehead atoms. The van der Waals surface area contributed by atoms with Gasteiger partial charge in [0.05, 0.1) is 6.04 Å². The highest BCUT2D eigenvalue weighted by molar-refractivity contribution is 5.77. The molecule has 0 aliphatic carbocycles. The second-order valence-corrected chi connectivity index (χ2v) is 3.62. The standard InChI is InChI=1S/C12H18N2O2/c1-3-8-16-9-12(15)14-10(2)11-4-6-13-7-5-11/h4-7,10H,3,8-9H2,1-2H3,(H,14,15)/t10-/m1/s1. The topological polar surface area (TPSA) is 51.2 Å². The van der Waals surface area contributed by atoms with Gasteiger partial charge in [-0.05, 0) is 31.0 Å². The van der Waals surface area contributed by atoms with Crippen molar-refractivity contribution in [3.63, 3.8) is 0 Å². The molecule has 0 radical (unpaired) electrons. The van der Waals surface area contributed by atoms with Crippen molar-refractivity contribution in [3.05, 3.63) is 30.1 Å². The molecule has 0 fully saturated rings. The zero-order chi connectivity index (χ0) is 11.8. The van der Waals surface area contributed by atoms with Crippen LogP contribution in [0.15, 0.2) is 24.5 Å². The lowest BCUT2D eigenvalue weighted by Crippen LogP contribution is -2.30. The highest BCUT2D eigenvalue weighted by Gasteiger charge is 2.08. The molecule has 1 aromatic rings. The molecule has 0 saturated carbocycles. The molecule has 16 heavy (non-hydrogen) atoms. The van der Waals surface area contributed by atoms with Crippen molar-refractivity contribution >= 4 is 5.91 Å². The number of nitrogens with zero attached hydrogens (tertiary/aromatic N) is 1. The molecule has 0 aliphatic heterocycles. The van der Waals surface area contributed by atoms with Crippen molar-refractivity contribution in [2.24, 2.45) is 0 Å². The predicted molar refractivity (Wildman–Crippen MR) is 61.9 cm³/mol. The van der Waals surface area contributed by atoms with Gasteiger partial charge < -0.3 is 10.1 Å². The molecule has 0 spiro atoms. The fourth-order valence-electron chi connectivity index (χ4n) is 1.33. The first-order valence-corrected chi connectivity index (χ1v) is 5.51. The fourth-order valence-corrected chi connectivity index (χ4v) is 1.33. The van der Waals surface area contributed by atoms with E-state index in [4.69, 9.17) is 4.74 Å². The van der Waals surface area contributed by atoms with E-state index < -0.39 is 0 Å². The van der Waals surface area contributed by atoms with E-state index in [-0.39, 0.29) is 18.6 Å². The highest BCUT2D eigenvalue weighted by Crippen LogP contribution is 2.09. The Morgan fingerprint density at radius 2 is 2.19 bits per heavy atom. The van der Waals surface area contributed by atoms with E-state index in [0.29, 0.717) is 6.61 Å². The van der Waals surface area contributed by atoms with Crippen LogP contribution in [0.4, 0.5) is 0 Å². The largest absolute Gasteiger partial charge is 0.372 e. The number of hydrogen-bond donors (Lipinski definition) is 1. The van der Waals surface area contributed by atoms with Crippen molar-refractivity contribution in [2.45, 2.75) is 26.3 Å². The normalized spacial score (nSPS) is 12.1. The average Bonchev–Trinajstić information content (AvgIpc) is 2.30. The highest BCUT2D eigenvalue weighted by atomic mass is 16.5. The van der Waals surface area contributed by atoms with E-state index >= 15 is 0 Å². The van der Waals surface area contributed by atoms with E-state index in [2.05, 4.69) is 10.3 Å². The van der Waals surface area contributed by atoms with Crippen LogP contribution in [0.2, 0.25) is 0 Å². The van der Waals surface area contributed by atoms with E-state index in [0.717, 1.165) is 12.0 Å². The van der Waals surface area contributed by atoms with E-state index in [1.807, 2.05) is 26.0 Å². The summed E-state index contributed by atoms with van der Waals surface area (Å²) in [7, 11) is 0. The number of ether oxygens (including phenoxy) is 1. The summed E-state index contributed by atoms with van der Waals surface area (Å²) >= 11 is 0. The minimum Gasteiger partial charge on any atom is -0.372 e. The molecule has 1 atom stereocenters. The number of carbonyl (C=O) groups is 1. The van der Waals surface area contributed by atoms with Gasteiger partial charge in [-0.25, -0.2) is 0 Å². The monoisotopic (exact) mass is 222 g/mol. The zero-order valence-corrected chi connectivity index (χ0v) is 9.77. The number of aromatic nitrogens is 1. The number of amides is 1. The first-order valence-electron chi connectivity index (χ1n) is 5.51. The zero-order valence-electron chi connectivity index (χ0n) is 9.77. The first kappa shape index (κ1) is 12.6. The molecule has 1 heterocycles. The molecule has 1 amide bonds. The Hall–Kier alpha value is -1.42. The van der Waals surface area contributed by atoms with Gasteiger partial charge in [0, 0.05) is 19.0 Å². The van der Waals surface area contributed by atoms with Crippen LogP contribution in [-0.2, 0) is 9.53 Å². The van der Waals surface area contributed by atoms with Crippen LogP contribution in [0, 0.1) is 0 Å². The molecule has 0 aliphatic rings. The van der Waals surface area contributed by atoms with Gasteiger partial charge in [-0.2, -0.15) is 0 Å². The molecule has 1 aromatic heterocycles. The minimum atomic E-state index is -0.0854. The molecular weight excluding hydrogens is 204 g/mol. The van der Waals surface area contributed by atoms with Gasteiger partial charge in [0.15, 0.2) is 0 Å². The number of nitrogens with one attached hydrogen (secondary N) is 1. The van der Waals surface area contributed by atoms with Crippen LogP contribution in [0.3, 0.4) is 0 Å². The van der Waals surface area contributed by atoms with E-state index in [1.54, 1.807) is 12.4 Å². The molecule has 4 heteroatoms. The lowest BCUT2D eigenvalue weighted by Gasteiger charge is -2.13. The van der Waals surface area contributed by atoms with Crippen LogP contribution >= 0.6 is 0 Å². The fraction of sp³-hybridized carbons (Fsp3) is 0.500. The van der Waals surface area contributed by atoms with Crippen LogP contribution in [0.1, 0.15) is 31.9 Å². The third kappa shape index (κ3) is 4.40. The lowest BCUT2D eigenvalue weighted by atomic mass is 10.1.